The Morgan fingerprint density at radius 2 is 2.00 bits per heavy atom. The highest BCUT2D eigenvalue weighted by Gasteiger charge is 2.39. The summed E-state index contributed by atoms with van der Waals surface area (Å²) in [7, 11) is -3.13. The minimum atomic E-state index is -3.13. The number of aryl methyl sites for hydroxylation is 1. The molecule has 1 atom stereocenters. The lowest BCUT2D eigenvalue weighted by atomic mass is 10.1. The fraction of sp³-hybridized carbons (Fsp3) is 0.611. The van der Waals surface area contributed by atoms with Crippen LogP contribution in [0.15, 0.2) is 12.3 Å². The number of carbonyl (C=O) groups is 2. The number of sulfone groups is 1. The Labute approximate surface area is 168 Å². The van der Waals surface area contributed by atoms with Crippen LogP contribution in [0.5, 0.6) is 0 Å². The molecule has 0 aromatic carbocycles. The van der Waals surface area contributed by atoms with Gasteiger partial charge in [-0.15, -0.1) is 5.10 Å². The molecule has 4 rings (SSSR count). The SMILES string of the molecule is Cc1ccnc2nc(C(=O)OCC(=O)N(C3CCCC3)C3CCS(=O)(=O)C3)nn12. The number of rotatable bonds is 5. The molecular weight excluding hydrogens is 398 g/mol. The summed E-state index contributed by atoms with van der Waals surface area (Å²) in [5, 5.41) is 4.07. The molecule has 1 aliphatic carbocycles. The number of carbonyl (C=O) groups excluding carboxylic acids is 2. The summed E-state index contributed by atoms with van der Waals surface area (Å²) in [4.78, 5) is 34.9. The molecule has 2 fully saturated rings. The van der Waals surface area contributed by atoms with Gasteiger partial charge in [-0.1, -0.05) is 12.8 Å². The van der Waals surface area contributed by atoms with Gasteiger partial charge in [0.1, 0.15) is 0 Å². The van der Waals surface area contributed by atoms with Gasteiger partial charge in [0, 0.05) is 24.0 Å². The Morgan fingerprint density at radius 1 is 1.24 bits per heavy atom. The van der Waals surface area contributed by atoms with Crippen molar-refractivity contribution in [3.8, 4) is 0 Å². The molecule has 2 aromatic heterocycles. The van der Waals surface area contributed by atoms with Crippen molar-refractivity contribution in [2.24, 2.45) is 0 Å². The second kappa shape index (κ2) is 7.69. The van der Waals surface area contributed by atoms with E-state index >= 15 is 0 Å². The Kier molecular flexibility index (Phi) is 5.24. The maximum Gasteiger partial charge on any atom is 0.378 e. The van der Waals surface area contributed by atoms with Gasteiger partial charge in [0.15, 0.2) is 16.4 Å². The average molecular weight is 421 g/mol. The molecule has 2 aromatic rings. The fourth-order valence-electron chi connectivity index (χ4n) is 4.14. The standard InChI is InChI=1S/C18H23N5O5S/c1-12-6-8-19-18-20-16(21-23(12)18)17(25)28-10-15(24)22(13-4-2-3-5-13)14-7-9-29(26,27)11-14/h6,8,13-14H,2-5,7,9-11H2,1H3. The third-order valence-electron chi connectivity index (χ3n) is 5.55. The van der Waals surface area contributed by atoms with Crippen LogP contribution in [0.2, 0.25) is 0 Å². The van der Waals surface area contributed by atoms with E-state index in [1.54, 1.807) is 24.1 Å². The lowest BCUT2D eigenvalue weighted by molar-refractivity contribution is -0.139. The van der Waals surface area contributed by atoms with Gasteiger partial charge < -0.3 is 9.64 Å². The van der Waals surface area contributed by atoms with Crippen molar-refractivity contribution in [2.75, 3.05) is 18.1 Å². The van der Waals surface area contributed by atoms with Gasteiger partial charge in [-0.05, 0) is 32.3 Å². The van der Waals surface area contributed by atoms with Crippen molar-refractivity contribution in [1.29, 1.82) is 0 Å². The number of ether oxygens (including phenoxy) is 1. The second-order valence-corrected chi connectivity index (χ2v) is 9.83. The first-order chi connectivity index (χ1) is 13.8. The molecule has 0 spiro atoms. The normalized spacial score (nSPS) is 21.5. The molecule has 2 aliphatic rings. The molecule has 3 heterocycles. The Bertz CT molecular complexity index is 1040. The zero-order valence-electron chi connectivity index (χ0n) is 16.2. The van der Waals surface area contributed by atoms with Crippen molar-refractivity contribution in [1.82, 2.24) is 24.5 Å². The van der Waals surface area contributed by atoms with E-state index in [4.69, 9.17) is 4.74 Å². The quantitative estimate of drug-likeness (QED) is 0.641. The fourth-order valence-corrected chi connectivity index (χ4v) is 5.85. The summed E-state index contributed by atoms with van der Waals surface area (Å²) < 4.78 is 30.4. The minimum absolute atomic E-state index is 0.000305. The highest BCUT2D eigenvalue weighted by atomic mass is 32.2. The molecule has 1 unspecified atom stereocenters. The third-order valence-corrected chi connectivity index (χ3v) is 7.30. The van der Waals surface area contributed by atoms with Gasteiger partial charge in [0.25, 0.3) is 17.5 Å². The lowest BCUT2D eigenvalue weighted by Gasteiger charge is -2.33. The molecule has 10 nitrogen and oxygen atoms in total. The number of nitrogens with zero attached hydrogens (tertiary/aromatic N) is 5. The van der Waals surface area contributed by atoms with E-state index in [1.807, 2.05) is 0 Å². The topological polar surface area (TPSA) is 124 Å². The summed E-state index contributed by atoms with van der Waals surface area (Å²) in [6, 6.07) is 1.38. The first kappa shape index (κ1) is 19.7. The van der Waals surface area contributed by atoms with Crippen LogP contribution in [0.1, 0.15) is 48.4 Å². The van der Waals surface area contributed by atoms with E-state index in [-0.39, 0.29) is 41.1 Å². The smallest absolute Gasteiger partial charge is 0.378 e. The Balaban J connectivity index is 1.45. The molecule has 1 aliphatic heterocycles. The van der Waals surface area contributed by atoms with E-state index in [0.717, 1.165) is 31.4 Å². The summed E-state index contributed by atoms with van der Waals surface area (Å²) in [6.07, 6.45) is 5.69. The molecule has 0 radical (unpaired) electrons. The monoisotopic (exact) mass is 421 g/mol. The zero-order chi connectivity index (χ0) is 20.6. The molecule has 29 heavy (non-hydrogen) atoms. The number of fused-ring (bicyclic) bond motifs is 1. The summed E-state index contributed by atoms with van der Waals surface area (Å²) >= 11 is 0. The number of hydrogen-bond acceptors (Lipinski definition) is 8. The van der Waals surface area contributed by atoms with Crippen LogP contribution in [0.4, 0.5) is 0 Å². The van der Waals surface area contributed by atoms with Gasteiger partial charge in [0.05, 0.1) is 11.5 Å². The van der Waals surface area contributed by atoms with E-state index in [9.17, 15) is 18.0 Å². The van der Waals surface area contributed by atoms with Crippen LogP contribution in [0.25, 0.3) is 5.78 Å². The number of esters is 1. The molecule has 0 bridgehead atoms. The number of hydrogen-bond donors (Lipinski definition) is 0. The molecule has 11 heteroatoms. The molecule has 0 N–H and O–H groups in total. The maximum atomic E-state index is 12.9. The van der Waals surface area contributed by atoms with Crippen LogP contribution in [-0.2, 0) is 19.4 Å². The minimum Gasteiger partial charge on any atom is -0.450 e. The molecular formula is C18H23N5O5S. The average Bonchev–Trinajstić information content (AvgIpc) is 3.40. The van der Waals surface area contributed by atoms with Gasteiger partial charge in [-0.2, -0.15) is 4.98 Å². The van der Waals surface area contributed by atoms with Crippen molar-refractivity contribution in [3.63, 3.8) is 0 Å². The van der Waals surface area contributed by atoms with Crippen molar-refractivity contribution in [2.45, 2.75) is 51.1 Å². The maximum absolute atomic E-state index is 12.9. The van der Waals surface area contributed by atoms with Crippen LogP contribution < -0.4 is 0 Å². The Morgan fingerprint density at radius 3 is 2.66 bits per heavy atom. The first-order valence-electron chi connectivity index (χ1n) is 9.71. The summed E-state index contributed by atoms with van der Waals surface area (Å²) in [5.74, 6) is -1.02. The van der Waals surface area contributed by atoms with Crippen LogP contribution in [0.3, 0.4) is 0 Å². The number of aromatic nitrogens is 4. The second-order valence-electron chi connectivity index (χ2n) is 7.61. The Hall–Kier alpha value is -2.56. The zero-order valence-corrected chi connectivity index (χ0v) is 17.0. The largest absolute Gasteiger partial charge is 0.450 e. The predicted molar refractivity (Wildman–Crippen MR) is 102 cm³/mol. The summed E-state index contributed by atoms with van der Waals surface area (Å²) in [6.45, 7) is 1.34. The molecule has 1 amide bonds. The highest BCUT2D eigenvalue weighted by Crippen LogP contribution is 2.29. The van der Waals surface area contributed by atoms with Crippen LogP contribution in [0, 0.1) is 6.92 Å². The highest BCUT2D eigenvalue weighted by molar-refractivity contribution is 7.91. The van der Waals surface area contributed by atoms with Gasteiger partial charge in [0.2, 0.25) is 0 Å². The van der Waals surface area contributed by atoms with Crippen molar-refractivity contribution < 1.29 is 22.7 Å². The van der Waals surface area contributed by atoms with E-state index in [1.165, 1.54) is 4.52 Å². The van der Waals surface area contributed by atoms with E-state index in [2.05, 4.69) is 15.1 Å². The lowest BCUT2D eigenvalue weighted by Crippen LogP contribution is -2.48. The summed E-state index contributed by atoms with van der Waals surface area (Å²) in [5.41, 5.74) is 0.757. The molecule has 1 saturated carbocycles. The van der Waals surface area contributed by atoms with Gasteiger partial charge >= 0.3 is 5.97 Å². The van der Waals surface area contributed by atoms with E-state index < -0.39 is 22.4 Å². The predicted octanol–water partition coefficient (Wildman–Crippen LogP) is 0.548. The molecule has 156 valence electrons. The third kappa shape index (κ3) is 4.09. The molecule has 1 saturated heterocycles. The van der Waals surface area contributed by atoms with Crippen LogP contribution in [-0.4, -0.2) is 75.0 Å². The van der Waals surface area contributed by atoms with Crippen molar-refractivity contribution >= 4 is 27.5 Å². The van der Waals surface area contributed by atoms with Crippen LogP contribution >= 0.6 is 0 Å². The van der Waals surface area contributed by atoms with E-state index in [0.29, 0.717) is 6.42 Å². The first-order valence-corrected chi connectivity index (χ1v) is 11.5. The van der Waals surface area contributed by atoms with Gasteiger partial charge in [-0.25, -0.2) is 22.7 Å². The van der Waals surface area contributed by atoms with Gasteiger partial charge in [-0.3, -0.25) is 4.79 Å². The van der Waals surface area contributed by atoms with Crippen molar-refractivity contribution in [3.05, 3.63) is 23.8 Å². The number of amides is 1.